The molecule has 18 heavy (non-hydrogen) atoms. The van der Waals surface area contributed by atoms with E-state index in [4.69, 9.17) is 4.42 Å². The number of rotatable bonds is 4. The van der Waals surface area contributed by atoms with Crippen LogP contribution in [0, 0.1) is 12.3 Å². The van der Waals surface area contributed by atoms with Crippen molar-refractivity contribution in [3.63, 3.8) is 0 Å². The molecule has 0 bridgehead atoms. The van der Waals surface area contributed by atoms with Crippen molar-refractivity contribution in [2.24, 2.45) is 5.41 Å². The molecule has 0 atom stereocenters. The summed E-state index contributed by atoms with van der Waals surface area (Å²) in [5, 5.41) is 3.04. The third kappa shape index (κ3) is 2.29. The number of ketones is 1. The first kappa shape index (κ1) is 12.8. The number of oxazole rings is 1. The molecule has 0 saturated heterocycles. The van der Waals surface area contributed by atoms with Crippen molar-refractivity contribution >= 4 is 16.9 Å². The lowest BCUT2D eigenvalue weighted by molar-refractivity contribution is 0.0839. The van der Waals surface area contributed by atoms with E-state index < -0.39 is 5.41 Å². The average molecular weight is 246 g/mol. The Hall–Kier alpha value is -1.68. The Morgan fingerprint density at radius 3 is 2.83 bits per heavy atom. The van der Waals surface area contributed by atoms with Crippen molar-refractivity contribution < 1.29 is 9.21 Å². The molecule has 0 saturated carbocycles. The van der Waals surface area contributed by atoms with Crippen LogP contribution in [0.4, 0.5) is 0 Å². The first-order chi connectivity index (χ1) is 8.44. The maximum absolute atomic E-state index is 12.4. The van der Waals surface area contributed by atoms with Crippen LogP contribution in [-0.4, -0.2) is 24.4 Å². The van der Waals surface area contributed by atoms with E-state index in [1.807, 2.05) is 20.9 Å². The number of carbonyl (C=O) groups is 1. The summed E-state index contributed by atoms with van der Waals surface area (Å²) in [7, 11) is 1.85. The highest BCUT2D eigenvalue weighted by atomic mass is 16.3. The monoisotopic (exact) mass is 246 g/mol. The fraction of sp³-hybridized carbons (Fsp3) is 0.429. The minimum atomic E-state index is -0.429. The van der Waals surface area contributed by atoms with Crippen LogP contribution >= 0.6 is 0 Å². The number of aryl methyl sites for hydroxylation is 1. The number of aromatic nitrogens is 1. The van der Waals surface area contributed by atoms with Gasteiger partial charge in [-0.05, 0) is 25.2 Å². The third-order valence-electron chi connectivity index (χ3n) is 2.99. The van der Waals surface area contributed by atoms with E-state index in [1.165, 1.54) is 0 Å². The molecule has 0 radical (unpaired) electrons. The average Bonchev–Trinajstić information content (AvgIpc) is 2.66. The molecular formula is C14H18N2O2. The van der Waals surface area contributed by atoms with E-state index in [1.54, 1.807) is 25.1 Å². The van der Waals surface area contributed by atoms with Gasteiger partial charge in [0.15, 0.2) is 17.3 Å². The lowest BCUT2D eigenvalue weighted by Gasteiger charge is -2.22. The number of hydrogen-bond acceptors (Lipinski definition) is 4. The minimum absolute atomic E-state index is 0.111. The summed E-state index contributed by atoms with van der Waals surface area (Å²) in [6, 6.07) is 5.40. The quantitative estimate of drug-likeness (QED) is 0.842. The summed E-state index contributed by atoms with van der Waals surface area (Å²) in [4.78, 5) is 16.7. The van der Waals surface area contributed by atoms with Crippen LogP contribution in [0.15, 0.2) is 22.6 Å². The fourth-order valence-corrected chi connectivity index (χ4v) is 2.10. The molecule has 0 spiro atoms. The highest BCUT2D eigenvalue weighted by molar-refractivity contribution is 6.02. The second-order valence-corrected chi connectivity index (χ2v) is 5.16. The maximum Gasteiger partial charge on any atom is 0.192 e. The van der Waals surface area contributed by atoms with Gasteiger partial charge in [0.2, 0.25) is 0 Å². The zero-order valence-electron chi connectivity index (χ0n) is 11.2. The van der Waals surface area contributed by atoms with E-state index in [0.717, 1.165) is 11.1 Å². The normalized spacial score (nSPS) is 12.0. The predicted molar refractivity (Wildman–Crippen MR) is 70.8 cm³/mol. The van der Waals surface area contributed by atoms with E-state index in [9.17, 15) is 4.79 Å². The molecule has 1 N–H and O–H groups in total. The molecule has 0 aliphatic heterocycles. The van der Waals surface area contributed by atoms with E-state index in [-0.39, 0.29) is 5.78 Å². The van der Waals surface area contributed by atoms with E-state index >= 15 is 0 Å². The lowest BCUT2D eigenvalue weighted by atomic mass is 9.84. The van der Waals surface area contributed by atoms with Crippen LogP contribution in [0.5, 0.6) is 0 Å². The smallest absolute Gasteiger partial charge is 0.192 e. The molecule has 2 rings (SSSR count). The van der Waals surface area contributed by atoms with Crippen molar-refractivity contribution in [2.45, 2.75) is 20.8 Å². The minimum Gasteiger partial charge on any atom is -0.441 e. The fourth-order valence-electron chi connectivity index (χ4n) is 2.10. The molecule has 0 aliphatic rings. The topological polar surface area (TPSA) is 55.1 Å². The van der Waals surface area contributed by atoms with Gasteiger partial charge in [0.25, 0.3) is 0 Å². The number of fused-ring (bicyclic) bond motifs is 1. The molecule has 1 aromatic carbocycles. The molecule has 2 aromatic rings. The summed E-state index contributed by atoms with van der Waals surface area (Å²) < 4.78 is 5.40. The Bertz CT molecular complexity index is 584. The molecule has 4 nitrogen and oxygen atoms in total. The van der Waals surface area contributed by atoms with Crippen LogP contribution in [0.2, 0.25) is 0 Å². The Morgan fingerprint density at radius 2 is 2.17 bits per heavy atom. The molecular weight excluding hydrogens is 228 g/mol. The Balaban J connectivity index is 2.38. The summed E-state index contributed by atoms with van der Waals surface area (Å²) >= 11 is 0. The summed E-state index contributed by atoms with van der Waals surface area (Å²) in [6.07, 6.45) is 0. The van der Waals surface area contributed by atoms with Crippen molar-refractivity contribution in [1.29, 1.82) is 0 Å². The van der Waals surface area contributed by atoms with Crippen LogP contribution < -0.4 is 5.32 Å². The number of nitrogens with zero attached hydrogens (tertiary/aromatic N) is 1. The Kier molecular flexibility index (Phi) is 3.22. The van der Waals surface area contributed by atoms with E-state index in [0.29, 0.717) is 18.0 Å². The number of Topliss-reactive ketones (excluding diaryl/α,β-unsaturated/α-hetero) is 1. The molecule has 0 amide bonds. The van der Waals surface area contributed by atoms with Gasteiger partial charge in [-0.1, -0.05) is 13.8 Å². The number of carbonyl (C=O) groups excluding carboxylic acids is 1. The molecule has 0 aliphatic carbocycles. The molecule has 96 valence electrons. The lowest BCUT2D eigenvalue weighted by Crippen LogP contribution is -2.34. The second kappa shape index (κ2) is 4.53. The third-order valence-corrected chi connectivity index (χ3v) is 2.99. The van der Waals surface area contributed by atoms with Crippen LogP contribution in [-0.2, 0) is 0 Å². The van der Waals surface area contributed by atoms with Gasteiger partial charge in [-0.2, -0.15) is 0 Å². The van der Waals surface area contributed by atoms with Gasteiger partial charge in [-0.15, -0.1) is 0 Å². The molecule has 1 heterocycles. The predicted octanol–water partition coefficient (Wildman–Crippen LogP) is 2.56. The largest absolute Gasteiger partial charge is 0.441 e. The van der Waals surface area contributed by atoms with Crippen molar-refractivity contribution in [2.75, 3.05) is 13.6 Å². The van der Waals surface area contributed by atoms with Crippen molar-refractivity contribution in [3.8, 4) is 0 Å². The highest BCUT2D eigenvalue weighted by Crippen LogP contribution is 2.24. The standard InChI is InChI=1S/C14H18N2O2/c1-9-16-11-7-10(5-6-12(11)18-9)13(17)14(2,3)8-15-4/h5-7,15H,8H2,1-4H3. The second-order valence-electron chi connectivity index (χ2n) is 5.16. The zero-order chi connectivity index (χ0) is 13.3. The highest BCUT2D eigenvalue weighted by Gasteiger charge is 2.28. The first-order valence-corrected chi connectivity index (χ1v) is 6.00. The number of nitrogens with one attached hydrogen (secondary N) is 1. The Morgan fingerprint density at radius 1 is 1.44 bits per heavy atom. The summed E-state index contributed by atoms with van der Waals surface area (Å²) in [5.74, 6) is 0.725. The van der Waals surface area contributed by atoms with E-state index in [2.05, 4.69) is 10.3 Å². The van der Waals surface area contributed by atoms with Crippen LogP contribution in [0.1, 0.15) is 30.1 Å². The summed E-state index contributed by atoms with van der Waals surface area (Å²) in [5.41, 5.74) is 1.70. The molecule has 0 unspecified atom stereocenters. The molecule has 0 fully saturated rings. The van der Waals surface area contributed by atoms with Crippen LogP contribution in [0.25, 0.3) is 11.1 Å². The van der Waals surface area contributed by atoms with Gasteiger partial charge in [0.1, 0.15) is 5.52 Å². The van der Waals surface area contributed by atoms with Gasteiger partial charge in [0, 0.05) is 24.4 Å². The zero-order valence-corrected chi connectivity index (χ0v) is 11.2. The first-order valence-electron chi connectivity index (χ1n) is 6.00. The SMILES string of the molecule is CNCC(C)(C)C(=O)c1ccc2oc(C)nc2c1. The molecule has 1 aromatic heterocycles. The van der Waals surface area contributed by atoms with Gasteiger partial charge >= 0.3 is 0 Å². The van der Waals surface area contributed by atoms with Gasteiger partial charge in [-0.25, -0.2) is 4.98 Å². The van der Waals surface area contributed by atoms with Gasteiger partial charge < -0.3 is 9.73 Å². The van der Waals surface area contributed by atoms with Gasteiger partial charge in [-0.3, -0.25) is 4.79 Å². The van der Waals surface area contributed by atoms with Gasteiger partial charge in [0.05, 0.1) is 0 Å². The molecule has 4 heteroatoms. The van der Waals surface area contributed by atoms with Crippen molar-refractivity contribution in [1.82, 2.24) is 10.3 Å². The Labute approximate surface area is 106 Å². The van der Waals surface area contributed by atoms with Crippen LogP contribution in [0.3, 0.4) is 0 Å². The van der Waals surface area contributed by atoms with Crippen molar-refractivity contribution in [3.05, 3.63) is 29.7 Å². The number of benzene rings is 1. The maximum atomic E-state index is 12.4. The summed E-state index contributed by atoms with van der Waals surface area (Å²) in [6.45, 7) is 6.31. The number of hydrogen-bond donors (Lipinski definition) is 1.